The van der Waals surface area contributed by atoms with Crippen LogP contribution in [0, 0.1) is 0 Å². The van der Waals surface area contributed by atoms with Crippen molar-refractivity contribution in [2.45, 2.75) is 39.3 Å². The molecule has 0 aliphatic carbocycles. The lowest BCUT2D eigenvalue weighted by molar-refractivity contribution is -0.135. The van der Waals surface area contributed by atoms with Crippen LogP contribution in [-0.2, 0) is 9.59 Å². The van der Waals surface area contributed by atoms with E-state index in [9.17, 15) is 14.4 Å². The number of carbonyl (C=O) groups excluding carboxylic acids is 3. The van der Waals surface area contributed by atoms with E-state index in [4.69, 9.17) is 16.3 Å². The number of halogens is 1. The molecule has 0 spiro atoms. The smallest absolute Gasteiger partial charge is 0.321 e. The van der Waals surface area contributed by atoms with Crippen molar-refractivity contribution in [3.05, 3.63) is 59.1 Å². The number of urea groups is 1. The fraction of sp³-hybridized carbons (Fsp3) is 0.318. The Labute approximate surface area is 181 Å². The summed E-state index contributed by atoms with van der Waals surface area (Å²) in [5.41, 5.74) is 1.41. The van der Waals surface area contributed by atoms with Gasteiger partial charge in [0.2, 0.25) is 5.91 Å². The van der Waals surface area contributed by atoms with Gasteiger partial charge in [-0.15, -0.1) is 0 Å². The molecule has 0 aromatic heterocycles. The monoisotopic (exact) mass is 431 g/mol. The van der Waals surface area contributed by atoms with Gasteiger partial charge in [-0.3, -0.25) is 14.5 Å². The number of amides is 3. The van der Waals surface area contributed by atoms with Crippen LogP contribution in [0.1, 0.15) is 38.8 Å². The maximum atomic E-state index is 12.4. The summed E-state index contributed by atoms with van der Waals surface area (Å²) in [4.78, 5) is 37.5. The maximum absolute atomic E-state index is 12.4. The number of ether oxygens (including phenoxy) is 1. The summed E-state index contributed by atoms with van der Waals surface area (Å²) in [7, 11) is 1.66. The van der Waals surface area contributed by atoms with Gasteiger partial charge in [-0.1, -0.05) is 23.7 Å². The molecule has 1 atom stereocenters. The molecule has 0 fully saturated rings. The second-order valence-electron chi connectivity index (χ2n) is 7.14. The SMILES string of the molecule is CC(=O)NC(CC(=O)Oc1ccc(N(C)C(=O)NC(C)C)cc1)c1ccc(Cl)cc1. The first-order chi connectivity index (χ1) is 14.2. The maximum Gasteiger partial charge on any atom is 0.321 e. The Hall–Kier alpha value is -3.06. The Balaban J connectivity index is 2.02. The lowest BCUT2D eigenvalue weighted by Crippen LogP contribution is -2.40. The minimum absolute atomic E-state index is 0.0253. The van der Waals surface area contributed by atoms with Gasteiger partial charge >= 0.3 is 12.0 Å². The zero-order chi connectivity index (χ0) is 22.3. The van der Waals surface area contributed by atoms with Gasteiger partial charge in [0.1, 0.15) is 5.75 Å². The zero-order valence-corrected chi connectivity index (χ0v) is 18.2. The largest absolute Gasteiger partial charge is 0.426 e. The number of nitrogens with one attached hydrogen (secondary N) is 2. The number of carbonyl (C=O) groups is 3. The van der Waals surface area contributed by atoms with E-state index in [1.807, 2.05) is 13.8 Å². The van der Waals surface area contributed by atoms with E-state index in [0.717, 1.165) is 5.56 Å². The normalized spacial score (nSPS) is 11.5. The van der Waals surface area contributed by atoms with Gasteiger partial charge in [-0.05, 0) is 55.8 Å². The summed E-state index contributed by atoms with van der Waals surface area (Å²) in [5.74, 6) is -0.406. The molecule has 0 heterocycles. The Bertz CT molecular complexity index is 882. The van der Waals surface area contributed by atoms with Crippen LogP contribution in [0.4, 0.5) is 10.5 Å². The first kappa shape index (κ1) is 23.2. The number of hydrogen-bond donors (Lipinski definition) is 2. The van der Waals surface area contributed by atoms with Crippen LogP contribution in [0.5, 0.6) is 5.75 Å². The van der Waals surface area contributed by atoms with Crippen LogP contribution < -0.4 is 20.3 Å². The van der Waals surface area contributed by atoms with Crippen LogP contribution >= 0.6 is 11.6 Å². The molecule has 1 unspecified atom stereocenters. The van der Waals surface area contributed by atoms with Crippen molar-refractivity contribution in [3.63, 3.8) is 0 Å². The van der Waals surface area contributed by atoms with Crippen molar-refractivity contribution < 1.29 is 19.1 Å². The molecule has 0 aliphatic rings. The standard InChI is InChI=1S/C22H26ClN3O4/c1-14(2)24-22(29)26(4)18-9-11-19(12-10-18)30-21(28)13-20(25-15(3)27)16-5-7-17(23)8-6-16/h5-12,14,20H,13H2,1-4H3,(H,24,29)(H,25,27). The number of nitrogens with zero attached hydrogens (tertiary/aromatic N) is 1. The third-order valence-electron chi connectivity index (χ3n) is 4.19. The molecule has 2 aromatic rings. The fourth-order valence-electron chi connectivity index (χ4n) is 2.73. The highest BCUT2D eigenvalue weighted by Gasteiger charge is 2.19. The molecule has 2 N–H and O–H groups in total. The summed E-state index contributed by atoms with van der Waals surface area (Å²) in [5, 5.41) is 6.12. The van der Waals surface area contributed by atoms with E-state index in [1.165, 1.54) is 11.8 Å². The van der Waals surface area contributed by atoms with Crippen LogP contribution in [0.2, 0.25) is 5.02 Å². The molecule has 3 amide bonds. The molecule has 8 heteroatoms. The predicted octanol–water partition coefficient (Wildman–Crippen LogP) is 4.07. The third-order valence-corrected chi connectivity index (χ3v) is 4.45. The van der Waals surface area contributed by atoms with Crippen molar-refractivity contribution in [2.24, 2.45) is 0 Å². The van der Waals surface area contributed by atoms with Gasteiger partial charge < -0.3 is 15.4 Å². The Morgan fingerprint density at radius 2 is 1.60 bits per heavy atom. The molecule has 160 valence electrons. The molecular formula is C22H26ClN3O4. The van der Waals surface area contributed by atoms with Crippen molar-refractivity contribution in [2.75, 3.05) is 11.9 Å². The summed E-state index contributed by atoms with van der Waals surface area (Å²) < 4.78 is 5.40. The first-order valence-corrected chi connectivity index (χ1v) is 9.91. The molecule has 0 saturated heterocycles. The number of rotatable bonds is 7. The molecule has 2 aromatic carbocycles. The average Bonchev–Trinajstić information content (AvgIpc) is 2.67. The van der Waals surface area contributed by atoms with Crippen LogP contribution in [0.15, 0.2) is 48.5 Å². The van der Waals surface area contributed by atoms with Crippen molar-refractivity contribution >= 4 is 35.2 Å². The average molecular weight is 432 g/mol. The molecule has 30 heavy (non-hydrogen) atoms. The molecular weight excluding hydrogens is 406 g/mol. The van der Waals surface area contributed by atoms with Crippen LogP contribution in [0.25, 0.3) is 0 Å². The number of anilines is 1. The van der Waals surface area contributed by atoms with E-state index in [1.54, 1.807) is 55.6 Å². The second kappa shape index (κ2) is 10.6. The quantitative estimate of drug-likeness (QED) is 0.511. The summed E-state index contributed by atoms with van der Waals surface area (Å²) >= 11 is 5.91. The van der Waals surface area contributed by atoms with Gasteiger partial charge in [0, 0.05) is 30.7 Å². The minimum atomic E-state index is -0.530. The predicted molar refractivity (Wildman–Crippen MR) is 117 cm³/mol. The summed E-state index contributed by atoms with van der Waals surface area (Å²) in [6.07, 6.45) is -0.0420. The van der Waals surface area contributed by atoms with Gasteiger partial charge in [-0.25, -0.2) is 4.79 Å². The van der Waals surface area contributed by atoms with Crippen LogP contribution in [-0.4, -0.2) is 31.0 Å². The number of hydrogen-bond acceptors (Lipinski definition) is 4. The number of esters is 1. The molecule has 0 radical (unpaired) electrons. The molecule has 0 bridgehead atoms. The highest BCUT2D eigenvalue weighted by molar-refractivity contribution is 6.30. The molecule has 0 saturated carbocycles. The van der Waals surface area contributed by atoms with Crippen molar-refractivity contribution in [1.82, 2.24) is 10.6 Å². The van der Waals surface area contributed by atoms with Crippen LogP contribution in [0.3, 0.4) is 0 Å². The molecule has 7 nitrogen and oxygen atoms in total. The minimum Gasteiger partial charge on any atom is -0.426 e. The van der Waals surface area contributed by atoms with Gasteiger partial charge in [0.25, 0.3) is 0 Å². The lowest BCUT2D eigenvalue weighted by atomic mass is 10.0. The van der Waals surface area contributed by atoms with Crippen molar-refractivity contribution in [1.29, 1.82) is 0 Å². The van der Waals surface area contributed by atoms with E-state index in [2.05, 4.69) is 10.6 Å². The lowest BCUT2D eigenvalue weighted by Gasteiger charge is -2.20. The highest BCUT2D eigenvalue weighted by Crippen LogP contribution is 2.23. The number of benzene rings is 2. The van der Waals surface area contributed by atoms with Gasteiger partial charge in [0.05, 0.1) is 12.5 Å². The topological polar surface area (TPSA) is 87.7 Å². The van der Waals surface area contributed by atoms with E-state index in [-0.39, 0.29) is 24.4 Å². The highest BCUT2D eigenvalue weighted by atomic mass is 35.5. The second-order valence-corrected chi connectivity index (χ2v) is 7.58. The Morgan fingerprint density at radius 3 is 2.13 bits per heavy atom. The fourth-order valence-corrected chi connectivity index (χ4v) is 2.86. The Kier molecular flexibility index (Phi) is 8.24. The van der Waals surface area contributed by atoms with E-state index < -0.39 is 12.0 Å². The van der Waals surface area contributed by atoms with E-state index >= 15 is 0 Å². The molecule has 2 rings (SSSR count). The van der Waals surface area contributed by atoms with Gasteiger partial charge in [0.15, 0.2) is 0 Å². The summed E-state index contributed by atoms with van der Waals surface area (Å²) in [6, 6.07) is 12.8. The molecule has 0 aliphatic heterocycles. The Morgan fingerprint density at radius 1 is 1.00 bits per heavy atom. The summed E-state index contributed by atoms with van der Waals surface area (Å²) in [6.45, 7) is 5.15. The zero-order valence-electron chi connectivity index (χ0n) is 17.4. The van der Waals surface area contributed by atoms with Crippen molar-refractivity contribution in [3.8, 4) is 5.75 Å². The van der Waals surface area contributed by atoms with Gasteiger partial charge in [-0.2, -0.15) is 0 Å². The first-order valence-electron chi connectivity index (χ1n) is 9.53. The third kappa shape index (κ3) is 7.08. The van der Waals surface area contributed by atoms with E-state index in [0.29, 0.717) is 16.5 Å².